The monoisotopic (exact) mass is 589 g/mol. The van der Waals surface area contributed by atoms with Crippen LogP contribution in [-0.2, 0) is 35.3 Å². The molecular formula is C29H43N5O8. The minimum atomic E-state index is -1.42. The van der Waals surface area contributed by atoms with E-state index in [1.165, 1.54) is 6.92 Å². The van der Waals surface area contributed by atoms with Crippen LogP contribution in [0.4, 0.5) is 9.59 Å². The fraction of sp³-hybridized carbons (Fsp3) is 0.586. The molecule has 13 nitrogen and oxygen atoms in total. The molecule has 0 spiro atoms. The first-order valence-corrected chi connectivity index (χ1v) is 14.1. The Bertz CT molecular complexity index is 1090. The molecule has 5 amide bonds. The number of carbonyl (C=O) groups excluding carboxylic acids is 6. The number of amides is 5. The van der Waals surface area contributed by atoms with Crippen molar-refractivity contribution < 1.29 is 38.2 Å². The summed E-state index contributed by atoms with van der Waals surface area (Å²) in [5.74, 6) is -1.99. The van der Waals surface area contributed by atoms with Gasteiger partial charge in [-0.2, -0.15) is 0 Å². The van der Waals surface area contributed by atoms with Crippen molar-refractivity contribution in [2.24, 2.45) is 5.92 Å². The van der Waals surface area contributed by atoms with E-state index >= 15 is 0 Å². The Kier molecular flexibility index (Phi) is 13.2. The molecule has 1 heterocycles. The molecule has 0 bridgehead atoms. The molecule has 1 unspecified atom stereocenters. The number of nitrogens with one attached hydrogen (secondary N) is 5. The van der Waals surface area contributed by atoms with E-state index < -0.39 is 59.7 Å². The van der Waals surface area contributed by atoms with Gasteiger partial charge in [0.05, 0.1) is 6.04 Å². The number of alkyl carbamates (subject to hydrolysis) is 2. The van der Waals surface area contributed by atoms with Gasteiger partial charge in [-0.3, -0.25) is 14.4 Å². The van der Waals surface area contributed by atoms with Gasteiger partial charge in [-0.15, -0.1) is 0 Å². The van der Waals surface area contributed by atoms with Crippen molar-refractivity contribution in [3.63, 3.8) is 0 Å². The molecule has 1 aliphatic heterocycles. The fourth-order valence-corrected chi connectivity index (χ4v) is 4.29. The standard InChI is InChI=1S/C29H43N5O8/c1-6-10-22(25(37)31-21(16-35)15-20-13-14-30-24(20)36)32-26(38)23(18(2)42-28(40)34-29(3,4)5)33-27(39)41-17-19-11-8-7-9-12-19/h7-9,11-12,16,18,20-23H,6,10,13-15,17H2,1-5H3,(H,30,36)(H,31,37)(H,32,38)(H,33,39)(H,34,40)/t18?,20-,21-,22-,23-/m0/s1. The van der Waals surface area contributed by atoms with Crippen LogP contribution in [0.2, 0.25) is 0 Å². The highest BCUT2D eigenvalue weighted by Crippen LogP contribution is 2.16. The third-order valence-electron chi connectivity index (χ3n) is 6.41. The Balaban J connectivity index is 2.13. The van der Waals surface area contributed by atoms with E-state index in [9.17, 15) is 28.8 Å². The lowest BCUT2D eigenvalue weighted by Gasteiger charge is -2.28. The molecule has 1 fully saturated rings. The molecular weight excluding hydrogens is 546 g/mol. The number of hydrogen-bond acceptors (Lipinski definition) is 8. The topological polar surface area (TPSA) is 181 Å². The zero-order valence-corrected chi connectivity index (χ0v) is 24.9. The van der Waals surface area contributed by atoms with Crippen LogP contribution in [0.25, 0.3) is 0 Å². The van der Waals surface area contributed by atoms with Crippen LogP contribution in [0.5, 0.6) is 0 Å². The maximum absolute atomic E-state index is 13.4. The van der Waals surface area contributed by atoms with Crippen LogP contribution in [0.15, 0.2) is 30.3 Å². The van der Waals surface area contributed by atoms with Gasteiger partial charge in [-0.25, -0.2) is 9.59 Å². The van der Waals surface area contributed by atoms with Gasteiger partial charge in [0, 0.05) is 18.0 Å². The molecule has 0 saturated carbocycles. The maximum Gasteiger partial charge on any atom is 0.408 e. The van der Waals surface area contributed by atoms with Crippen molar-refractivity contribution in [2.45, 2.75) is 96.7 Å². The van der Waals surface area contributed by atoms with Crippen LogP contribution < -0.4 is 26.6 Å². The quantitative estimate of drug-likeness (QED) is 0.203. The lowest BCUT2D eigenvalue weighted by molar-refractivity contribution is -0.132. The van der Waals surface area contributed by atoms with E-state index in [1.807, 2.05) is 13.0 Å². The third kappa shape index (κ3) is 11.8. The zero-order valence-electron chi connectivity index (χ0n) is 24.9. The van der Waals surface area contributed by atoms with E-state index in [4.69, 9.17) is 9.47 Å². The Morgan fingerprint density at radius 2 is 1.74 bits per heavy atom. The van der Waals surface area contributed by atoms with Gasteiger partial charge in [0.25, 0.3) is 0 Å². The Labute approximate surface area is 246 Å². The Morgan fingerprint density at radius 1 is 1.05 bits per heavy atom. The fourth-order valence-electron chi connectivity index (χ4n) is 4.29. The summed E-state index contributed by atoms with van der Waals surface area (Å²) in [7, 11) is 0. The minimum absolute atomic E-state index is 0.0618. The van der Waals surface area contributed by atoms with Gasteiger partial charge < -0.3 is 40.9 Å². The Morgan fingerprint density at radius 3 is 2.31 bits per heavy atom. The second kappa shape index (κ2) is 16.3. The van der Waals surface area contributed by atoms with Gasteiger partial charge in [0.15, 0.2) is 0 Å². The molecule has 2 rings (SSSR count). The van der Waals surface area contributed by atoms with E-state index in [1.54, 1.807) is 45.0 Å². The molecule has 232 valence electrons. The van der Waals surface area contributed by atoms with E-state index in [-0.39, 0.29) is 25.4 Å². The number of carbonyl (C=O) groups is 6. The number of hydrogen-bond donors (Lipinski definition) is 5. The maximum atomic E-state index is 13.4. The molecule has 1 aromatic carbocycles. The number of aldehydes is 1. The van der Waals surface area contributed by atoms with Gasteiger partial charge in [0.2, 0.25) is 17.7 Å². The van der Waals surface area contributed by atoms with Crippen LogP contribution in [0.3, 0.4) is 0 Å². The van der Waals surface area contributed by atoms with Crippen LogP contribution >= 0.6 is 0 Å². The second-order valence-electron chi connectivity index (χ2n) is 11.3. The number of benzene rings is 1. The van der Waals surface area contributed by atoms with E-state index in [2.05, 4.69) is 26.6 Å². The lowest BCUT2D eigenvalue weighted by Crippen LogP contribution is -2.59. The first-order chi connectivity index (χ1) is 19.8. The van der Waals surface area contributed by atoms with E-state index in [0.29, 0.717) is 25.7 Å². The molecule has 13 heteroatoms. The molecule has 1 aliphatic rings. The third-order valence-corrected chi connectivity index (χ3v) is 6.41. The number of ether oxygens (including phenoxy) is 2. The van der Waals surface area contributed by atoms with Gasteiger partial charge >= 0.3 is 12.2 Å². The van der Waals surface area contributed by atoms with Crippen LogP contribution in [0, 0.1) is 5.92 Å². The van der Waals surface area contributed by atoms with Crippen molar-refractivity contribution in [1.29, 1.82) is 0 Å². The molecule has 1 saturated heterocycles. The summed E-state index contributed by atoms with van der Waals surface area (Å²) in [6, 6.07) is 5.50. The van der Waals surface area contributed by atoms with Crippen LogP contribution in [0.1, 0.15) is 65.9 Å². The zero-order chi connectivity index (χ0) is 31.3. The molecule has 0 aromatic heterocycles. The minimum Gasteiger partial charge on any atom is -0.445 e. The largest absolute Gasteiger partial charge is 0.445 e. The predicted molar refractivity (Wildman–Crippen MR) is 153 cm³/mol. The highest BCUT2D eigenvalue weighted by atomic mass is 16.6. The summed E-state index contributed by atoms with van der Waals surface area (Å²) < 4.78 is 10.6. The molecule has 5 N–H and O–H groups in total. The van der Waals surface area contributed by atoms with Crippen molar-refractivity contribution >= 4 is 36.2 Å². The number of rotatable bonds is 14. The van der Waals surface area contributed by atoms with E-state index in [0.717, 1.165) is 5.56 Å². The summed E-state index contributed by atoms with van der Waals surface area (Å²) in [6.45, 7) is 8.94. The predicted octanol–water partition coefficient (Wildman–Crippen LogP) is 1.69. The average Bonchev–Trinajstić information content (AvgIpc) is 3.32. The summed E-state index contributed by atoms with van der Waals surface area (Å²) in [4.78, 5) is 75.2. The van der Waals surface area contributed by atoms with Gasteiger partial charge in [-0.05, 0) is 52.5 Å². The SMILES string of the molecule is CCC[C@H](NC(=O)[C@@H](NC(=O)OCc1ccccc1)C(C)OC(=O)NC(C)(C)C)C(=O)N[C@H](C=O)C[C@@H]1CCNC1=O. The van der Waals surface area contributed by atoms with Crippen molar-refractivity contribution in [3.05, 3.63) is 35.9 Å². The average molecular weight is 590 g/mol. The molecule has 5 atom stereocenters. The van der Waals surface area contributed by atoms with Crippen molar-refractivity contribution in [3.8, 4) is 0 Å². The summed E-state index contributed by atoms with van der Waals surface area (Å²) in [5, 5.41) is 13.0. The lowest BCUT2D eigenvalue weighted by atomic mass is 9.98. The van der Waals surface area contributed by atoms with Gasteiger partial charge in [0.1, 0.15) is 31.1 Å². The normalized spacial score (nSPS) is 17.5. The highest BCUT2D eigenvalue weighted by molar-refractivity contribution is 5.92. The smallest absolute Gasteiger partial charge is 0.408 e. The summed E-state index contributed by atoms with van der Waals surface area (Å²) in [5.41, 5.74) is 0.108. The van der Waals surface area contributed by atoms with Crippen LogP contribution in [-0.4, -0.2) is 72.5 Å². The highest BCUT2D eigenvalue weighted by Gasteiger charge is 2.34. The Hall–Kier alpha value is -4.16. The first-order valence-electron chi connectivity index (χ1n) is 14.1. The first kappa shape index (κ1) is 34.0. The van der Waals surface area contributed by atoms with Crippen molar-refractivity contribution in [2.75, 3.05) is 6.54 Å². The molecule has 1 aromatic rings. The molecule has 0 radical (unpaired) electrons. The summed E-state index contributed by atoms with van der Waals surface area (Å²) >= 11 is 0. The van der Waals surface area contributed by atoms with Crippen molar-refractivity contribution in [1.82, 2.24) is 26.6 Å². The second-order valence-corrected chi connectivity index (χ2v) is 11.3. The molecule has 0 aliphatic carbocycles. The molecule has 42 heavy (non-hydrogen) atoms. The summed E-state index contributed by atoms with van der Waals surface area (Å²) in [6.07, 6.45) is -0.916. The van der Waals surface area contributed by atoms with Gasteiger partial charge in [-0.1, -0.05) is 43.7 Å².